The van der Waals surface area contributed by atoms with E-state index < -0.39 is 5.60 Å². The third-order valence-corrected chi connectivity index (χ3v) is 6.90. The molecule has 8 heteroatoms. The monoisotopic (exact) mass is 443 g/mol. The van der Waals surface area contributed by atoms with E-state index in [-0.39, 0.29) is 17.8 Å². The molecule has 1 unspecified atom stereocenters. The van der Waals surface area contributed by atoms with Crippen LogP contribution in [0.3, 0.4) is 0 Å². The van der Waals surface area contributed by atoms with Gasteiger partial charge < -0.3 is 24.1 Å². The van der Waals surface area contributed by atoms with Crippen LogP contribution in [-0.2, 0) is 23.5 Å². The van der Waals surface area contributed by atoms with Crippen molar-refractivity contribution in [1.29, 1.82) is 0 Å². The van der Waals surface area contributed by atoms with Gasteiger partial charge in [0, 0.05) is 50.3 Å². The third-order valence-electron chi connectivity index (χ3n) is 6.90. The summed E-state index contributed by atoms with van der Waals surface area (Å²) in [4.78, 5) is 11.0. The van der Waals surface area contributed by atoms with Gasteiger partial charge in [-0.1, -0.05) is 12.5 Å². The predicted molar refractivity (Wildman–Crippen MR) is 119 cm³/mol. The van der Waals surface area contributed by atoms with Crippen molar-refractivity contribution in [1.82, 2.24) is 14.9 Å². The van der Waals surface area contributed by atoms with Crippen LogP contribution >= 0.6 is 0 Å². The van der Waals surface area contributed by atoms with Gasteiger partial charge in [-0.2, -0.15) is 4.98 Å². The van der Waals surface area contributed by atoms with Crippen LogP contribution in [0.4, 0.5) is 0 Å². The first-order valence-electron chi connectivity index (χ1n) is 11.1. The maximum atomic E-state index is 12.0. The summed E-state index contributed by atoms with van der Waals surface area (Å²) in [5.74, 6) is 1.39. The summed E-state index contributed by atoms with van der Waals surface area (Å²) in [6.07, 6.45) is 4.67. The van der Waals surface area contributed by atoms with Gasteiger partial charge in [-0.25, -0.2) is 4.98 Å². The molecule has 4 rings (SSSR count). The van der Waals surface area contributed by atoms with Crippen molar-refractivity contribution in [3.8, 4) is 17.6 Å². The lowest BCUT2D eigenvalue weighted by molar-refractivity contribution is -0.149. The molecule has 2 heterocycles. The number of aliphatic hydroxyl groups is 1. The molecule has 1 aliphatic carbocycles. The molecule has 1 N–H and O–H groups in total. The highest BCUT2D eigenvalue weighted by Crippen LogP contribution is 2.51. The SMILES string of the molecule is COCc1ccc(OC)c(CN2C[C@H]3CCC[C@@H](C2)C3(O)c2cnc(OC)nc2OC)c1. The third kappa shape index (κ3) is 4.14. The van der Waals surface area contributed by atoms with Gasteiger partial charge >= 0.3 is 6.01 Å². The number of likely N-dealkylation sites (tertiary alicyclic amines) is 1. The van der Waals surface area contributed by atoms with Gasteiger partial charge in [0.05, 0.1) is 33.5 Å². The number of ether oxygens (including phenoxy) is 4. The lowest BCUT2D eigenvalue weighted by Crippen LogP contribution is -2.58. The molecule has 32 heavy (non-hydrogen) atoms. The van der Waals surface area contributed by atoms with Gasteiger partial charge in [-0.05, 0) is 30.5 Å². The van der Waals surface area contributed by atoms with Gasteiger partial charge in [0.2, 0.25) is 5.88 Å². The number of hydrogen-bond acceptors (Lipinski definition) is 8. The van der Waals surface area contributed by atoms with Crippen LogP contribution in [0, 0.1) is 11.8 Å². The topological polar surface area (TPSA) is 86.2 Å². The average Bonchev–Trinajstić information content (AvgIpc) is 2.79. The number of nitrogens with zero attached hydrogens (tertiary/aromatic N) is 3. The zero-order valence-corrected chi connectivity index (χ0v) is 19.3. The Bertz CT molecular complexity index is 924. The van der Waals surface area contributed by atoms with Crippen molar-refractivity contribution < 1.29 is 24.1 Å². The fourth-order valence-corrected chi connectivity index (χ4v) is 5.44. The predicted octanol–water partition coefficient (Wildman–Crippen LogP) is 2.77. The molecule has 2 aromatic rings. The first-order valence-corrected chi connectivity index (χ1v) is 11.1. The molecule has 2 bridgehead atoms. The van der Waals surface area contributed by atoms with E-state index in [1.807, 2.05) is 12.1 Å². The van der Waals surface area contributed by atoms with Crippen molar-refractivity contribution >= 4 is 0 Å². The number of aromatic nitrogens is 2. The zero-order valence-electron chi connectivity index (χ0n) is 19.3. The number of fused-ring (bicyclic) bond motifs is 2. The summed E-state index contributed by atoms with van der Waals surface area (Å²) >= 11 is 0. The van der Waals surface area contributed by atoms with Crippen molar-refractivity contribution in [2.45, 2.75) is 38.0 Å². The lowest BCUT2D eigenvalue weighted by atomic mass is 9.63. The summed E-state index contributed by atoms with van der Waals surface area (Å²) in [6.45, 7) is 2.89. The minimum absolute atomic E-state index is 0.0639. The Kier molecular flexibility index (Phi) is 6.83. The Morgan fingerprint density at radius 3 is 2.44 bits per heavy atom. The maximum absolute atomic E-state index is 12.0. The Morgan fingerprint density at radius 1 is 1.06 bits per heavy atom. The van der Waals surface area contributed by atoms with E-state index in [2.05, 4.69) is 20.9 Å². The molecule has 8 nitrogen and oxygen atoms in total. The second-order valence-corrected chi connectivity index (χ2v) is 8.70. The Balaban J connectivity index is 1.60. The molecular formula is C24H33N3O5. The van der Waals surface area contributed by atoms with Gasteiger partial charge in [0.25, 0.3) is 0 Å². The van der Waals surface area contributed by atoms with Crippen LogP contribution in [0.15, 0.2) is 24.4 Å². The fraction of sp³-hybridized carbons (Fsp3) is 0.583. The van der Waals surface area contributed by atoms with Crippen molar-refractivity contribution in [2.75, 3.05) is 41.5 Å². The van der Waals surface area contributed by atoms with Gasteiger partial charge in [-0.15, -0.1) is 0 Å². The summed E-state index contributed by atoms with van der Waals surface area (Å²) < 4.78 is 21.6. The van der Waals surface area contributed by atoms with Crippen LogP contribution in [-0.4, -0.2) is 61.5 Å². The average molecular weight is 444 g/mol. The summed E-state index contributed by atoms with van der Waals surface area (Å²) in [5.41, 5.74) is 1.90. The number of piperidine rings is 1. The fourth-order valence-electron chi connectivity index (χ4n) is 5.44. The standard InChI is InChI=1S/C24H33N3O5/c1-29-15-16-8-9-21(30-2)17(10-16)12-27-13-18-6-5-7-19(14-27)24(18,28)20-11-25-23(32-4)26-22(20)31-3/h8-11,18-19,28H,5-7,12-15H2,1-4H3/t18-,19+,24?. The molecule has 2 aliphatic rings. The highest BCUT2D eigenvalue weighted by atomic mass is 16.5. The summed E-state index contributed by atoms with van der Waals surface area (Å²) in [7, 11) is 6.49. The van der Waals surface area contributed by atoms with Crippen LogP contribution in [0.2, 0.25) is 0 Å². The van der Waals surface area contributed by atoms with E-state index in [1.54, 1.807) is 27.5 Å². The molecule has 1 saturated carbocycles. The molecule has 2 fully saturated rings. The highest BCUT2D eigenvalue weighted by molar-refractivity contribution is 5.38. The van der Waals surface area contributed by atoms with E-state index in [0.29, 0.717) is 18.1 Å². The van der Waals surface area contributed by atoms with Gasteiger partial charge in [0.15, 0.2) is 0 Å². The Morgan fingerprint density at radius 2 is 1.81 bits per heavy atom. The summed E-state index contributed by atoms with van der Waals surface area (Å²) in [5, 5.41) is 12.0. The van der Waals surface area contributed by atoms with Crippen LogP contribution in [0.1, 0.15) is 36.0 Å². The normalized spacial score (nSPS) is 25.4. The van der Waals surface area contributed by atoms with E-state index >= 15 is 0 Å². The van der Waals surface area contributed by atoms with E-state index in [4.69, 9.17) is 18.9 Å². The second-order valence-electron chi connectivity index (χ2n) is 8.70. The molecule has 0 spiro atoms. The van der Waals surface area contributed by atoms with E-state index in [0.717, 1.165) is 55.8 Å². The molecule has 1 saturated heterocycles. The zero-order chi connectivity index (χ0) is 22.7. The number of methoxy groups -OCH3 is 4. The number of benzene rings is 1. The van der Waals surface area contributed by atoms with Crippen LogP contribution in [0.5, 0.6) is 17.6 Å². The molecular weight excluding hydrogens is 410 g/mol. The Labute approximate surface area is 189 Å². The van der Waals surface area contributed by atoms with Crippen molar-refractivity contribution in [2.24, 2.45) is 11.8 Å². The van der Waals surface area contributed by atoms with Gasteiger partial charge in [-0.3, -0.25) is 4.90 Å². The lowest BCUT2D eigenvalue weighted by Gasteiger charge is -2.53. The minimum atomic E-state index is -1.02. The van der Waals surface area contributed by atoms with Crippen molar-refractivity contribution in [3.63, 3.8) is 0 Å². The Hall–Kier alpha value is -2.42. The molecule has 3 atom stereocenters. The van der Waals surface area contributed by atoms with Crippen molar-refractivity contribution in [3.05, 3.63) is 41.1 Å². The maximum Gasteiger partial charge on any atom is 0.319 e. The molecule has 1 aromatic carbocycles. The molecule has 1 aromatic heterocycles. The minimum Gasteiger partial charge on any atom is -0.496 e. The van der Waals surface area contributed by atoms with Crippen LogP contribution < -0.4 is 14.2 Å². The molecule has 1 aliphatic heterocycles. The molecule has 174 valence electrons. The van der Waals surface area contributed by atoms with E-state index in [9.17, 15) is 5.11 Å². The number of rotatable bonds is 8. The first kappa shape index (κ1) is 22.8. The first-order chi connectivity index (χ1) is 15.5. The van der Waals surface area contributed by atoms with Gasteiger partial charge in [0.1, 0.15) is 11.4 Å². The highest BCUT2D eigenvalue weighted by Gasteiger charge is 2.53. The number of hydrogen-bond donors (Lipinski definition) is 1. The smallest absolute Gasteiger partial charge is 0.319 e. The quantitative estimate of drug-likeness (QED) is 0.667. The molecule has 0 radical (unpaired) electrons. The van der Waals surface area contributed by atoms with E-state index in [1.165, 1.54) is 7.11 Å². The van der Waals surface area contributed by atoms with Crippen LogP contribution in [0.25, 0.3) is 0 Å². The largest absolute Gasteiger partial charge is 0.496 e. The molecule has 0 amide bonds. The summed E-state index contributed by atoms with van der Waals surface area (Å²) in [6, 6.07) is 6.43. The second kappa shape index (κ2) is 9.60.